The zero-order chi connectivity index (χ0) is 16.5. The van der Waals surface area contributed by atoms with Gasteiger partial charge < -0.3 is 10.8 Å². The predicted molar refractivity (Wildman–Crippen MR) is 98.1 cm³/mol. The van der Waals surface area contributed by atoms with Gasteiger partial charge in [0.2, 0.25) is 0 Å². The Balaban J connectivity index is 1.81. The maximum Gasteiger partial charge on any atom is 0.150 e. The number of nitrogen functional groups attached to an aromatic ring is 1. The first kappa shape index (κ1) is 14.2. The van der Waals surface area contributed by atoms with Crippen molar-refractivity contribution >= 4 is 38.6 Å². The highest BCUT2D eigenvalue weighted by Crippen LogP contribution is 2.36. The van der Waals surface area contributed by atoms with Gasteiger partial charge in [-0.15, -0.1) is 10.2 Å². The van der Waals surface area contributed by atoms with Crippen LogP contribution in [0.3, 0.4) is 0 Å². The number of fused-ring (bicyclic) bond motifs is 2. The van der Waals surface area contributed by atoms with E-state index in [1.807, 2.05) is 66.7 Å². The zero-order valence-electron chi connectivity index (χ0n) is 12.8. The largest absolute Gasteiger partial charge is 0.505 e. The molecule has 0 heterocycles. The lowest BCUT2D eigenvalue weighted by Crippen LogP contribution is -1.85. The summed E-state index contributed by atoms with van der Waals surface area (Å²) in [5.41, 5.74) is 7.87. The highest BCUT2D eigenvalue weighted by atomic mass is 16.3. The van der Waals surface area contributed by atoms with Gasteiger partial charge in [0.15, 0.2) is 5.75 Å². The molecule has 0 saturated carbocycles. The molecule has 0 spiro atoms. The molecule has 4 rings (SSSR count). The molecule has 0 amide bonds. The van der Waals surface area contributed by atoms with Crippen molar-refractivity contribution in [1.29, 1.82) is 0 Å². The monoisotopic (exact) mass is 313 g/mol. The molecule has 24 heavy (non-hydrogen) atoms. The van der Waals surface area contributed by atoms with E-state index in [-0.39, 0.29) is 5.75 Å². The molecule has 0 aromatic heterocycles. The second-order valence-corrected chi connectivity index (χ2v) is 5.57. The minimum Gasteiger partial charge on any atom is -0.505 e. The van der Waals surface area contributed by atoms with Crippen LogP contribution >= 0.6 is 0 Å². The summed E-state index contributed by atoms with van der Waals surface area (Å²) in [5.74, 6) is 0.136. The SMILES string of the molecule is Nc1cccc2c(N=Nc3ccc4ccccc4c3O)cccc12. The number of aromatic hydroxyl groups is 1. The van der Waals surface area contributed by atoms with Crippen molar-refractivity contribution in [2.75, 3.05) is 5.73 Å². The quantitative estimate of drug-likeness (QED) is 0.368. The summed E-state index contributed by atoms with van der Waals surface area (Å²) < 4.78 is 0. The predicted octanol–water partition coefficient (Wildman–Crippen LogP) is 5.70. The molecule has 4 heteroatoms. The highest BCUT2D eigenvalue weighted by molar-refractivity contribution is 5.99. The van der Waals surface area contributed by atoms with Gasteiger partial charge in [-0.25, -0.2) is 0 Å². The van der Waals surface area contributed by atoms with Crippen LogP contribution in [0.25, 0.3) is 21.5 Å². The number of phenols is 1. The Morgan fingerprint density at radius 3 is 2.25 bits per heavy atom. The smallest absolute Gasteiger partial charge is 0.150 e. The Morgan fingerprint density at radius 1 is 0.625 bits per heavy atom. The van der Waals surface area contributed by atoms with Crippen LogP contribution in [0.2, 0.25) is 0 Å². The molecular formula is C20H15N3O. The van der Waals surface area contributed by atoms with Crippen LogP contribution in [0.1, 0.15) is 0 Å². The van der Waals surface area contributed by atoms with Crippen molar-refractivity contribution in [3.8, 4) is 5.75 Å². The number of hydrogen-bond donors (Lipinski definition) is 2. The number of rotatable bonds is 2. The molecule has 0 atom stereocenters. The van der Waals surface area contributed by atoms with Gasteiger partial charge in [0.05, 0.1) is 5.69 Å². The lowest BCUT2D eigenvalue weighted by molar-refractivity contribution is 0.482. The fraction of sp³-hybridized carbons (Fsp3) is 0. The number of phenolic OH excluding ortho intramolecular Hbond substituents is 1. The summed E-state index contributed by atoms with van der Waals surface area (Å²) >= 11 is 0. The normalized spacial score (nSPS) is 11.5. The first-order valence-corrected chi connectivity index (χ1v) is 7.64. The van der Waals surface area contributed by atoms with Crippen molar-refractivity contribution < 1.29 is 5.11 Å². The van der Waals surface area contributed by atoms with Gasteiger partial charge in [-0.1, -0.05) is 54.6 Å². The second-order valence-electron chi connectivity index (χ2n) is 5.57. The first-order chi connectivity index (χ1) is 11.7. The Kier molecular flexibility index (Phi) is 3.35. The van der Waals surface area contributed by atoms with Crippen molar-refractivity contribution in [1.82, 2.24) is 0 Å². The third kappa shape index (κ3) is 2.34. The molecule has 0 unspecified atom stereocenters. The van der Waals surface area contributed by atoms with E-state index in [0.717, 1.165) is 21.5 Å². The first-order valence-electron chi connectivity index (χ1n) is 7.64. The van der Waals surface area contributed by atoms with Gasteiger partial charge in [0.1, 0.15) is 5.69 Å². The number of nitrogens with zero attached hydrogens (tertiary/aromatic N) is 2. The van der Waals surface area contributed by atoms with Gasteiger partial charge in [0.25, 0.3) is 0 Å². The fourth-order valence-corrected chi connectivity index (χ4v) is 2.84. The Bertz CT molecular complexity index is 1090. The Labute approximate surface area is 138 Å². The second kappa shape index (κ2) is 5.66. The number of hydrogen-bond acceptors (Lipinski definition) is 4. The lowest BCUT2D eigenvalue weighted by Gasteiger charge is -2.05. The third-order valence-corrected chi connectivity index (χ3v) is 4.08. The van der Waals surface area contributed by atoms with Crippen molar-refractivity contribution in [2.24, 2.45) is 10.2 Å². The number of nitrogens with two attached hydrogens (primary N) is 1. The van der Waals surface area contributed by atoms with Gasteiger partial charge in [-0.05, 0) is 23.6 Å². The number of anilines is 1. The van der Waals surface area contributed by atoms with Gasteiger partial charge in [-0.2, -0.15) is 0 Å². The molecule has 4 nitrogen and oxygen atoms in total. The van der Waals surface area contributed by atoms with Crippen molar-refractivity contribution in [2.45, 2.75) is 0 Å². The van der Waals surface area contributed by atoms with Crippen LogP contribution in [0, 0.1) is 0 Å². The average Bonchev–Trinajstić information content (AvgIpc) is 2.62. The zero-order valence-corrected chi connectivity index (χ0v) is 12.8. The van der Waals surface area contributed by atoms with E-state index in [1.165, 1.54) is 0 Å². The molecule has 0 aliphatic rings. The summed E-state index contributed by atoms with van der Waals surface area (Å²) in [6.45, 7) is 0. The van der Waals surface area contributed by atoms with Crippen LogP contribution in [0.15, 0.2) is 83.0 Å². The molecule has 0 aliphatic heterocycles. The molecule has 0 bridgehead atoms. The molecular weight excluding hydrogens is 298 g/mol. The van der Waals surface area contributed by atoms with Crippen LogP contribution in [0.5, 0.6) is 5.75 Å². The van der Waals surface area contributed by atoms with Crippen LogP contribution in [-0.2, 0) is 0 Å². The van der Waals surface area contributed by atoms with Gasteiger partial charge in [-0.3, -0.25) is 0 Å². The van der Waals surface area contributed by atoms with Crippen LogP contribution < -0.4 is 5.73 Å². The van der Waals surface area contributed by atoms with E-state index in [9.17, 15) is 5.11 Å². The molecule has 4 aromatic rings. The van der Waals surface area contributed by atoms with Crippen LogP contribution in [-0.4, -0.2) is 5.11 Å². The Morgan fingerprint density at radius 2 is 1.33 bits per heavy atom. The molecule has 0 aliphatic carbocycles. The number of benzene rings is 4. The van der Waals surface area contributed by atoms with E-state index >= 15 is 0 Å². The highest BCUT2D eigenvalue weighted by Gasteiger charge is 2.06. The lowest BCUT2D eigenvalue weighted by atomic mass is 10.1. The minimum atomic E-state index is 0.136. The molecule has 4 aromatic carbocycles. The third-order valence-electron chi connectivity index (χ3n) is 4.08. The molecule has 0 radical (unpaired) electrons. The maximum atomic E-state index is 10.4. The van der Waals surface area contributed by atoms with Crippen LogP contribution in [0.4, 0.5) is 17.1 Å². The van der Waals surface area contributed by atoms with E-state index in [4.69, 9.17) is 5.73 Å². The maximum absolute atomic E-state index is 10.4. The summed E-state index contributed by atoms with van der Waals surface area (Å²) in [6, 6.07) is 22.8. The minimum absolute atomic E-state index is 0.136. The fourth-order valence-electron chi connectivity index (χ4n) is 2.84. The van der Waals surface area contributed by atoms with E-state index < -0.39 is 0 Å². The average molecular weight is 313 g/mol. The van der Waals surface area contributed by atoms with E-state index in [0.29, 0.717) is 17.1 Å². The number of azo groups is 1. The summed E-state index contributed by atoms with van der Waals surface area (Å²) in [4.78, 5) is 0. The molecule has 3 N–H and O–H groups in total. The summed E-state index contributed by atoms with van der Waals surface area (Å²) in [7, 11) is 0. The topological polar surface area (TPSA) is 71.0 Å². The molecule has 116 valence electrons. The molecule has 0 fully saturated rings. The summed E-state index contributed by atoms with van der Waals surface area (Å²) in [5, 5.41) is 22.6. The Hall–Kier alpha value is -3.40. The summed E-state index contributed by atoms with van der Waals surface area (Å²) in [6.07, 6.45) is 0. The standard InChI is InChI=1S/C20H15N3O/c21-17-9-3-8-16-15(17)7-4-10-18(16)22-23-19-12-11-13-5-1-2-6-14(13)20(19)24/h1-12,24H,21H2. The van der Waals surface area contributed by atoms with E-state index in [2.05, 4.69) is 10.2 Å². The van der Waals surface area contributed by atoms with Crippen molar-refractivity contribution in [3.05, 3.63) is 72.8 Å². The van der Waals surface area contributed by atoms with Gasteiger partial charge in [0, 0.05) is 21.8 Å². The van der Waals surface area contributed by atoms with Gasteiger partial charge >= 0.3 is 0 Å². The van der Waals surface area contributed by atoms with Crippen molar-refractivity contribution in [3.63, 3.8) is 0 Å². The van der Waals surface area contributed by atoms with E-state index in [1.54, 1.807) is 6.07 Å². The molecule has 0 saturated heterocycles.